The lowest BCUT2D eigenvalue weighted by atomic mass is 10.0. The van der Waals surface area contributed by atoms with Gasteiger partial charge in [0.25, 0.3) is 5.91 Å². The molecule has 8 nitrogen and oxygen atoms in total. The van der Waals surface area contributed by atoms with Gasteiger partial charge in [-0.1, -0.05) is 95.4 Å². The van der Waals surface area contributed by atoms with E-state index in [1.54, 1.807) is 30.5 Å². The number of ketones is 1. The largest absolute Gasteiger partial charge is 0.400 e. The molecule has 2 heterocycles. The average molecular weight is 686 g/mol. The Bertz CT molecular complexity index is 1050. The van der Waals surface area contributed by atoms with Crippen LogP contribution in [0.4, 0.5) is 0 Å². The topological polar surface area (TPSA) is 120 Å². The lowest BCUT2D eigenvalue weighted by Crippen LogP contribution is -2.36. The molecule has 1 saturated heterocycles. The van der Waals surface area contributed by atoms with E-state index in [4.69, 9.17) is 5.11 Å². The Balaban J connectivity index is -0.000000276. The number of carbonyl (C=O) groups excluding carboxylic acids is 2. The number of carbonyl (C=O) groups is 2. The van der Waals surface area contributed by atoms with Crippen molar-refractivity contribution in [2.45, 2.75) is 73.6 Å². The maximum atomic E-state index is 11.4. The van der Waals surface area contributed by atoms with Crippen LogP contribution in [0, 0.1) is 0 Å². The molecule has 0 bridgehead atoms. The van der Waals surface area contributed by atoms with Crippen molar-refractivity contribution in [3.63, 3.8) is 0 Å². The number of aliphatic imine (C=N–C) groups is 1. The number of hydrogen-bond donors (Lipinski definition) is 4. The molecule has 2 aliphatic rings. The van der Waals surface area contributed by atoms with Crippen LogP contribution in [0.15, 0.2) is 108 Å². The van der Waals surface area contributed by atoms with Crippen molar-refractivity contribution >= 4 is 29.2 Å². The van der Waals surface area contributed by atoms with E-state index in [2.05, 4.69) is 38.9 Å². The summed E-state index contributed by atoms with van der Waals surface area (Å²) in [6.07, 6.45) is 29.9. The molecule has 48 heavy (non-hydrogen) atoms. The quantitative estimate of drug-likeness (QED) is 0.0948. The molecule has 0 aromatic carbocycles. The molecule has 1 aromatic rings. The van der Waals surface area contributed by atoms with Crippen molar-refractivity contribution in [1.29, 1.82) is 0 Å². The number of likely N-dealkylation sites (tertiary alicyclic amines) is 1. The van der Waals surface area contributed by atoms with Gasteiger partial charge in [0.05, 0.1) is 11.3 Å². The summed E-state index contributed by atoms with van der Waals surface area (Å²) in [6, 6.07) is 3.65. The van der Waals surface area contributed by atoms with E-state index in [-0.39, 0.29) is 11.7 Å². The van der Waals surface area contributed by atoms with Gasteiger partial charge in [0.2, 0.25) is 0 Å². The van der Waals surface area contributed by atoms with Crippen LogP contribution >= 0.6 is 11.3 Å². The summed E-state index contributed by atoms with van der Waals surface area (Å²) in [7, 11) is 2.50. The number of allylic oxidation sites excluding steroid dienone is 11. The van der Waals surface area contributed by atoms with Crippen LogP contribution in [0.25, 0.3) is 0 Å². The predicted molar refractivity (Wildman–Crippen MR) is 214 cm³/mol. The first-order valence-electron chi connectivity index (χ1n) is 17.0. The molecule has 1 aromatic heterocycles. The molecule has 0 unspecified atom stereocenters. The third kappa shape index (κ3) is 35.2. The first-order chi connectivity index (χ1) is 23.6. The number of amides is 1. The average Bonchev–Trinajstić information content (AvgIpc) is 3.69. The highest BCUT2D eigenvalue weighted by molar-refractivity contribution is 7.12. The zero-order valence-electron chi connectivity index (χ0n) is 31.2. The molecule has 0 spiro atoms. The van der Waals surface area contributed by atoms with Crippen molar-refractivity contribution in [3.05, 3.63) is 108 Å². The summed E-state index contributed by atoms with van der Waals surface area (Å²) >= 11 is 1.43. The Kier molecular flexibility index (Phi) is 48.5. The highest BCUT2D eigenvalue weighted by Gasteiger charge is 2.15. The van der Waals surface area contributed by atoms with Gasteiger partial charge in [0.1, 0.15) is 0 Å². The number of rotatable bonds is 13. The molecular weight excluding hydrogens is 619 g/mol. The maximum Gasteiger partial charge on any atom is 0.265 e. The van der Waals surface area contributed by atoms with Crippen LogP contribution < -0.4 is 16.4 Å². The predicted octanol–water partition coefficient (Wildman–Crippen LogP) is 8.04. The number of nitrogens with zero attached hydrogens (tertiary/aromatic N) is 2. The van der Waals surface area contributed by atoms with Crippen LogP contribution in [-0.2, 0) is 4.79 Å². The summed E-state index contributed by atoms with van der Waals surface area (Å²) in [5, 5.41) is 14.9. The highest BCUT2D eigenvalue weighted by Crippen LogP contribution is 2.11. The fraction of sp³-hybridized carbons (Fsp3) is 0.462. The normalized spacial score (nSPS) is 13.6. The second-order valence-electron chi connectivity index (χ2n) is 8.90. The molecule has 1 amide bonds. The molecule has 1 aliphatic heterocycles. The number of aliphatic hydroxyl groups is 1. The second kappa shape index (κ2) is 45.5. The fourth-order valence-electron chi connectivity index (χ4n) is 3.48. The number of piperidine rings is 1. The van der Waals surface area contributed by atoms with Crippen LogP contribution in [-0.4, -0.2) is 74.8 Å². The Hall–Kier alpha value is -3.63. The molecule has 272 valence electrons. The minimum Gasteiger partial charge on any atom is -0.400 e. The summed E-state index contributed by atoms with van der Waals surface area (Å²) in [4.78, 5) is 29.4. The van der Waals surface area contributed by atoms with E-state index in [0.29, 0.717) is 6.42 Å². The van der Waals surface area contributed by atoms with Crippen LogP contribution in [0.2, 0.25) is 0 Å². The summed E-state index contributed by atoms with van der Waals surface area (Å²) < 4.78 is 0. The van der Waals surface area contributed by atoms with Gasteiger partial charge in [-0.05, 0) is 76.8 Å². The number of nitrogens with one attached hydrogen (secondary N) is 2. The minimum absolute atomic E-state index is 0.0688. The maximum absolute atomic E-state index is 11.4. The van der Waals surface area contributed by atoms with Crippen LogP contribution in [0.3, 0.4) is 0 Å². The molecule has 0 radical (unpaired) electrons. The Morgan fingerprint density at radius 2 is 1.62 bits per heavy atom. The van der Waals surface area contributed by atoms with Gasteiger partial charge in [-0.15, -0.1) is 11.3 Å². The van der Waals surface area contributed by atoms with E-state index in [1.165, 1.54) is 50.7 Å². The number of nitrogens with two attached hydrogens (primary N) is 1. The van der Waals surface area contributed by atoms with Crippen molar-refractivity contribution in [2.24, 2.45) is 10.7 Å². The first kappa shape index (κ1) is 51.2. The zero-order chi connectivity index (χ0) is 37.1. The van der Waals surface area contributed by atoms with E-state index >= 15 is 0 Å². The van der Waals surface area contributed by atoms with E-state index in [0.717, 1.165) is 43.7 Å². The van der Waals surface area contributed by atoms with E-state index in [1.807, 2.05) is 102 Å². The lowest BCUT2D eigenvalue weighted by molar-refractivity contribution is -0.115. The molecule has 3 rings (SSSR count). The molecule has 0 saturated carbocycles. The number of thiophene rings is 1. The van der Waals surface area contributed by atoms with Crippen LogP contribution in [0.1, 0.15) is 83.3 Å². The fourth-order valence-corrected chi connectivity index (χ4v) is 4.11. The van der Waals surface area contributed by atoms with Gasteiger partial charge in [0, 0.05) is 50.9 Å². The van der Waals surface area contributed by atoms with Crippen molar-refractivity contribution in [3.8, 4) is 0 Å². The van der Waals surface area contributed by atoms with Crippen molar-refractivity contribution < 1.29 is 14.7 Å². The molecule has 1 fully saturated rings. The van der Waals surface area contributed by atoms with Crippen molar-refractivity contribution in [2.75, 3.05) is 46.9 Å². The minimum atomic E-state index is -0.0688. The third-order valence-corrected chi connectivity index (χ3v) is 6.46. The highest BCUT2D eigenvalue weighted by atomic mass is 32.1. The van der Waals surface area contributed by atoms with E-state index in [9.17, 15) is 9.59 Å². The molecular formula is C39H67N5O3S. The Morgan fingerprint density at radius 3 is 2.17 bits per heavy atom. The second-order valence-corrected chi connectivity index (χ2v) is 9.84. The van der Waals surface area contributed by atoms with Gasteiger partial charge in [-0.25, -0.2) is 0 Å². The standard InChI is InChI=1S/C12H13NOS.C11H18N2O.C10H15N.2C2H6.CH5N.CH4O/c1-2-3-4-5-6-9-13-12(14)11-8-7-10-15-11;14-11-8-10(9-11)12-4-7-13-5-2-1-3-6-13;1-3-5-7-8-10-11-9-6-4-2;4*1-2/h2-10H,1H3,(H,13,14);8,12H,1-7,9H2;3-7,9H,1,8,10H2,2H3;2*1-2H3;2H2,1H3;2H,1H3/b3-2-,5-4-,9-6+;;6-4-,7-5+,11-9?;;;;. The van der Waals surface area contributed by atoms with Gasteiger partial charge in [-0.2, -0.15) is 0 Å². The van der Waals surface area contributed by atoms with Crippen molar-refractivity contribution in [1.82, 2.24) is 15.5 Å². The zero-order valence-corrected chi connectivity index (χ0v) is 32.0. The molecule has 0 atom stereocenters. The number of aliphatic hydroxyl groups excluding tert-OH is 1. The lowest BCUT2D eigenvalue weighted by Gasteiger charge is -2.27. The smallest absolute Gasteiger partial charge is 0.265 e. The summed E-state index contributed by atoms with van der Waals surface area (Å²) in [6.45, 7) is 21.0. The van der Waals surface area contributed by atoms with Gasteiger partial charge in [0.15, 0.2) is 5.78 Å². The molecule has 9 heteroatoms. The monoisotopic (exact) mass is 685 g/mol. The molecule has 5 N–H and O–H groups in total. The first-order valence-corrected chi connectivity index (χ1v) is 17.9. The Labute approximate surface area is 297 Å². The van der Waals surface area contributed by atoms with Gasteiger partial charge < -0.3 is 26.4 Å². The SMILES string of the molecule is C=C/C=C/CCN=C/C=C\C.CC.CC.CN.CO.C\C=C/C=C\C=C\NC(=O)c1cccs1.O=C1C=C(NCCN2CCCCC2)C1. The van der Waals surface area contributed by atoms with Gasteiger partial charge >= 0.3 is 0 Å². The summed E-state index contributed by atoms with van der Waals surface area (Å²) in [5.41, 5.74) is 5.62. The van der Waals surface area contributed by atoms with Crippen LogP contribution in [0.5, 0.6) is 0 Å². The Morgan fingerprint density at radius 1 is 1.00 bits per heavy atom. The third-order valence-electron chi connectivity index (χ3n) is 5.59. The molecule has 1 aliphatic carbocycles. The van der Waals surface area contributed by atoms with E-state index < -0.39 is 0 Å². The van der Waals surface area contributed by atoms with Gasteiger partial charge in [-0.3, -0.25) is 14.6 Å². The number of hydrogen-bond acceptors (Lipinski definition) is 8. The summed E-state index contributed by atoms with van der Waals surface area (Å²) in [5.74, 6) is 0.186.